The summed E-state index contributed by atoms with van der Waals surface area (Å²) in [7, 11) is 2.14. The maximum atomic E-state index is 9.58. The smallest absolute Gasteiger partial charge is 0.134 e. The number of β-amino-alcohol motifs (C(OH)–C–C–N with tert-alkyl or cyclic N) is 1. The lowest BCUT2D eigenvalue weighted by Gasteiger charge is -2.18. The molecule has 19 heavy (non-hydrogen) atoms. The summed E-state index contributed by atoms with van der Waals surface area (Å²) in [4.78, 5) is 13.0. The van der Waals surface area contributed by atoms with Crippen molar-refractivity contribution in [3.8, 4) is 0 Å². The Bertz CT molecular complexity index is 441. The molecule has 2 atom stereocenters. The second-order valence-electron chi connectivity index (χ2n) is 5.54. The topological polar surface area (TPSA) is 64.5 Å². The van der Waals surface area contributed by atoms with E-state index >= 15 is 0 Å². The second-order valence-corrected chi connectivity index (χ2v) is 5.54. The van der Waals surface area contributed by atoms with Crippen LogP contribution in [0.25, 0.3) is 0 Å². The molecule has 2 aliphatic rings. The van der Waals surface area contributed by atoms with Crippen LogP contribution in [0.5, 0.6) is 0 Å². The van der Waals surface area contributed by atoms with Crippen molar-refractivity contribution in [3.05, 3.63) is 12.4 Å². The van der Waals surface area contributed by atoms with E-state index in [1.807, 2.05) is 6.07 Å². The summed E-state index contributed by atoms with van der Waals surface area (Å²) >= 11 is 0. The molecule has 0 aliphatic carbocycles. The molecule has 0 aromatic carbocycles. The van der Waals surface area contributed by atoms with Crippen LogP contribution in [-0.2, 0) is 0 Å². The molecule has 6 nitrogen and oxygen atoms in total. The standard InChI is InChI=1S/C13H21N5O/c1-17-4-2-10(7-17)16-12-6-13(15-9-14-12)18-5-3-11(19)8-18/h6,9-11,19H,2-5,7-8H2,1H3,(H,14,15,16). The van der Waals surface area contributed by atoms with Crippen LogP contribution < -0.4 is 10.2 Å². The highest BCUT2D eigenvalue weighted by atomic mass is 16.3. The lowest BCUT2D eigenvalue weighted by Crippen LogP contribution is -2.25. The van der Waals surface area contributed by atoms with Crippen LogP contribution in [0.4, 0.5) is 11.6 Å². The summed E-state index contributed by atoms with van der Waals surface area (Å²) < 4.78 is 0. The fourth-order valence-electron chi connectivity index (χ4n) is 2.81. The van der Waals surface area contributed by atoms with Crippen molar-refractivity contribution in [2.45, 2.75) is 25.0 Å². The molecule has 0 spiro atoms. The first kappa shape index (κ1) is 12.6. The van der Waals surface area contributed by atoms with Gasteiger partial charge in [0.25, 0.3) is 0 Å². The molecule has 1 aromatic rings. The number of hydrogen-bond acceptors (Lipinski definition) is 6. The maximum absolute atomic E-state index is 9.58. The largest absolute Gasteiger partial charge is 0.391 e. The molecule has 3 heterocycles. The minimum Gasteiger partial charge on any atom is -0.391 e. The van der Waals surface area contributed by atoms with Gasteiger partial charge in [0.2, 0.25) is 0 Å². The number of nitrogens with zero attached hydrogens (tertiary/aromatic N) is 4. The number of nitrogens with one attached hydrogen (secondary N) is 1. The zero-order valence-electron chi connectivity index (χ0n) is 11.3. The summed E-state index contributed by atoms with van der Waals surface area (Å²) in [5, 5.41) is 13.0. The first-order chi connectivity index (χ1) is 9.20. The minimum absolute atomic E-state index is 0.227. The summed E-state index contributed by atoms with van der Waals surface area (Å²) in [6.45, 7) is 3.72. The first-order valence-corrected chi connectivity index (χ1v) is 6.91. The number of anilines is 2. The summed E-state index contributed by atoms with van der Waals surface area (Å²) in [5.41, 5.74) is 0. The lowest BCUT2D eigenvalue weighted by molar-refractivity contribution is 0.198. The zero-order chi connectivity index (χ0) is 13.2. The zero-order valence-corrected chi connectivity index (χ0v) is 11.3. The molecule has 2 N–H and O–H groups in total. The molecular weight excluding hydrogens is 242 g/mol. The number of hydrogen-bond donors (Lipinski definition) is 2. The third kappa shape index (κ3) is 2.96. The summed E-state index contributed by atoms with van der Waals surface area (Å²) in [6, 6.07) is 2.45. The van der Waals surface area contributed by atoms with Crippen LogP contribution >= 0.6 is 0 Å². The number of aliphatic hydroxyl groups excluding tert-OH is 1. The van der Waals surface area contributed by atoms with E-state index < -0.39 is 0 Å². The Labute approximate surface area is 113 Å². The maximum Gasteiger partial charge on any atom is 0.134 e. The van der Waals surface area contributed by atoms with Crippen LogP contribution in [0.1, 0.15) is 12.8 Å². The Morgan fingerprint density at radius 3 is 2.84 bits per heavy atom. The number of aromatic nitrogens is 2. The molecule has 104 valence electrons. The van der Waals surface area contributed by atoms with Crippen molar-refractivity contribution < 1.29 is 5.11 Å². The predicted octanol–water partition coefficient (Wildman–Crippen LogP) is 0.164. The second kappa shape index (κ2) is 5.30. The average Bonchev–Trinajstić information content (AvgIpc) is 2.99. The van der Waals surface area contributed by atoms with E-state index in [1.165, 1.54) is 0 Å². The van der Waals surface area contributed by atoms with Crippen molar-refractivity contribution in [1.29, 1.82) is 0 Å². The van der Waals surface area contributed by atoms with Gasteiger partial charge in [-0.15, -0.1) is 0 Å². The molecule has 2 aliphatic heterocycles. The highest BCUT2D eigenvalue weighted by Crippen LogP contribution is 2.21. The van der Waals surface area contributed by atoms with Crippen LogP contribution in [0, 0.1) is 0 Å². The number of rotatable bonds is 3. The van der Waals surface area contributed by atoms with Gasteiger partial charge in [0.05, 0.1) is 6.10 Å². The minimum atomic E-state index is -0.227. The van der Waals surface area contributed by atoms with E-state index in [1.54, 1.807) is 6.33 Å². The molecular formula is C13H21N5O. The Balaban J connectivity index is 1.66. The van der Waals surface area contributed by atoms with Gasteiger partial charge in [0.1, 0.15) is 18.0 Å². The predicted molar refractivity (Wildman–Crippen MR) is 74.4 cm³/mol. The molecule has 6 heteroatoms. The van der Waals surface area contributed by atoms with Crippen molar-refractivity contribution in [2.24, 2.45) is 0 Å². The van der Waals surface area contributed by atoms with Gasteiger partial charge in [-0.25, -0.2) is 9.97 Å². The van der Waals surface area contributed by atoms with Gasteiger partial charge < -0.3 is 20.2 Å². The van der Waals surface area contributed by atoms with Gasteiger partial charge in [-0.3, -0.25) is 0 Å². The quantitative estimate of drug-likeness (QED) is 0.810. The molecule has 0 bridgehead atoms. The van der Waals surface area contributed by atoms with Gasteiger partial charge in [0.15, 0.2) is 0 Å². The van der Waals surface area contributed by atoms with Crippen LogP contribution in [0.15, 0.2) is 12.4 Å². The number of likely N-dealkylation sites (tertiary alicyclic amines) is 1. The Kier molecular flexibility index (Phi) is 3.52. The van der Waals surface area contributed by atoms with Gasteiger partial charge in [0, 0.05) is 31.7 Å². The molecule has 3 rings (SSSR count). The average molecular weight is 263 g/mol. The number of aliphatic hydroxyl groups is 1. The van der Waals surface area contributed by atoms with Gasteiger partial charge in [-0.2, -0.15) is 0 Å². The van der Waals surface area contributed by atoms with Gasteiger partial charge in [-0.05, 0) is 26.4 Å². The normalized spacial score (nSPS) is 28.0. The van der Waals surface area contributed by atoms with E-state index in [2.05, 4.69) is 32.1 Å². The molecule has 0 saturated carbocycles. The molecule has 0 radical (unpaired) electrons. The fraction of sp³-hybridized carbons (Fsp3) is 0.692. The lowest BCUT2D eigenvalue weighted by atomic mass is 10.2. The first-order valence-electron chi connectivity index (χ1n) is 6.91. The third-order valence-electron chi connectivity index (χ3n) is 3.88. The van der Waals surface area contributed by atoms with E-state index in [0.717, 1.165) is 44.1 Å². The highest BCUT2D eigenvalue weighted by molar-refractivity contribution is 5.49. The molecule has 2 unspecified atom stereocenters. The Morgan fingerprint density at radius 1 is 1.26 bits per heavy atom. The third-order valence-corrected chi connectivity index (χ3v) is 3.88. The monoisotopic (exact) mass is 263 g/mol. The highest BCUT2D eigenvalue weighted by Gasteiger charge is 2.23. The van der Waals surface area contributed by atoms with E-state index in [0.29, 0.717) is 12.6 Å². The van der Waals surface area contributed by atoms with E-state index in [-0.39, 0.29) is 6.10 Å². The van der Waals surface area contributed by atoms with Crippen molar-refractivity contribution in [3.63, 3.8) is 0 Å². The molecule has 0 amide bonds. The van der Waals surface area contributed by atoms with Crippen LogP contribution in [0.2, 0.25) is 0 Å². The fourth-order valence-corrected chi connectivity index (χ4v) is 2.81. The van der Waals surface area contributed by atoms with Gasteiger partial charge >= 0.3 is 0 Å². The van der Waals surface area contributed by atoms with Gasteiger partial charge in [-0.1, -0.05) is 0 Å². The van der Waals surface area contributed by atoms with Crippen molar-refractivity contribution in [2.75, 3.05) is 43.4 Å². The summed E-state index contributed by atoms with van der Waals surface area (Å²) in [6.07, 6.45) is 3.34. The summed E-state index contributed by atoms with van der Waals surface area (Å²) in [5.74, 6) is 1.78. The Morgan fingerprint density at radius 2 is 2.16 bits per heavy atom. The van der Waals surface area contributed by atoms with Crippen molar-refractivity contribution in [1.82, 2.24) is 14.9 Å². The van der Waals surface area contributed by atoms with Crippen LogP contribution in [0.3, 0.4) is 0 Å². The molecule has 2 saturated heterocycles. The Hall–Kier alpha value is -1.40. The van der Waals surface area contributed by atoms with Crippen molar-refractivity contribution >= 4 is 11.6 Å². The molecule has 2 fully saturated rings. The van der Waals surface area contributed by atoms with E-state index in [4.69, 9.17) is 0 Å². The van der Waals surface area contributed by atoms with Crippen LogP contribution in [-0.4, -0.2) is 65.3 Å². The van der Waals surface area contributed by atoms with E-state index in [9.17, 15) is 5.11 Å². The SMILES string of the molecule is CN1CCC(Nc2cc(N3CCC(O)C3)ncn2)C1. The molecule has 1 aromatic heterocycles. The number of likely N-dealkylation sites (N-methyl/N-ethyl adjacent to an activating group) is 1.